The fourth-order valence-electron chi connectivity index (χ4n) is 2.37. The highest BCUT2D eigenvalue weighted by atomic mass is 32.2. The van der Waals surface area contributed by atoms with Crippen molar-refractivity contribution in [3.8, 4) is 11.5 Å². The molecule has 0 heterocycles. The van der Waals surface area contributed by atoms with E-state index < -0.39 is 43.7 Å². The first-order valence-corrected chi connectivity index (χ1v) is 9.25. The predicted molar refractivity (Wildman–Crippen MR) is 90.2 cm³/mol. The molecule has 0 saturated heterocycles. The predicted octanol–water partition coefficient (Wildman–Crippen LogP) is 3.91. The minimum absolute atomic E-state index is 0.441. The lowest BCUT2D eigenvalue weighted by molar-refractivity contribution is 0.453. The summed E-state index contributed by atoms with van der Waals surface area (Å²) >= 11 is 0. The van der Waals surface area contributed by atoms with Crippen molar-refractivity contribution in [2.24, 2.45) is 0 Å². The van der Waals surface area contributed by atoms with E-state index in [1.54, 1.807) is 0 Å². The van der Waals surface area contributed by atoms with Crippen LogP contribution in [0.5, 0.6) is 11.5 Å². The van der Waals surface area contributed by atoms with Crippen molar-refractivity contribution in [2.45, 2.75) is 37.5 Å². The molecule has 2 rings (SSSR count). The third kappa shape index (κ3) is 4.82. The van der Waals surface area contributed by atoms with Crippen LogP contribution in [-0.2, 0) is 16.4 Å². The van der Waals surface area contributed by atoms with E-state index in [0.29, 0.717) is 30.2 Å². The second kappa shape index (κ2) is 7.69. The summed E-state index contributed by atoms with van der Waals surface area (Å²) in [6.07, 6.45) is 3.49. The third-order valence-electron chi connectivity index (χ3n) is 3.61. The Morgan fingerprint density at radius 2 is 1.52 bits per heavy atom. The molecule has 2 aromatic rings. The van der Waals surface area contributed by atoms with E-state index in [2.05, 4.69) is 0 Å². The molecule has 0 aromatic heterocycles. The number of rotatable bonds is 7. The minimum atomic E-state index is -4.39. The Kier molecular flexibility index (Phi) is 5.84. The molecule has 0 aliphatic carbocycles. The van der Waals surface area contributed by atoms with Gasteiger partial charge in [0.1, 0.15) is 28.8 Å². The number of anilines is 1. The molecule has 0 spiro atoms. The highest BCUT2D eigenvalue weighted by Crippen LogP contribution is 2.36. The molecule has 0 atom stereocenters. The van der Waals surface area contributed by atoms with E-state index in [0.717, 1.165) is 19.3 Å². The van der Waals surface area contributed by atoms with E-state index in [1.165, 1.54) is 12.1 Å². The van der Waals surface area contributed by atoms with E-state index in [4.69, 9.17) is 0 Å². The zero-order chi connectivity index (χ0) is 18.6. The largest absolute Gasteiger partial charge is 0.506 e. The van der Waals surface area contributed by atoms with Crippen LogP contribution in [0.4, 0.5) is 14.5 Å². The topological polar surface area (TPSA) is 86.6 Å². The van der Waals surface area contributed by atoms with Crippen molar-refractivity contribution in [3.05, 3.63) is 47.5 Å². The van der Waals surface area contributed by atoms with Crippen LogP contribution in [0.25, 0.3) is 0 Å². The molecule has 25 heavy (non-hydrogen) atoms. The first-order valence-electron chi connectivity index (χ1n) is 7.76. The van der Waals surface area contributed by atoms with Crippen LogP contribution in [0.3, 0.4) is 0 Å². The number of aryl methyl sites for hydroxylation is 1. The summed E-state index contributed by atoms with van der Waals surface area (Å²) < 4.78 is 52.9. The maximum Gasteiger partial charge on any atom is 0.262 e. The molecule has 3 N–H and O–H groups in total. The van der Waals surface area contributed by atoms with Gasteiger partial charge in [-0.05, 0) is 42.7 Å². The number of aromatic hydroxyl groups is 2. The average Bonchev–Trinajstić information content (AvgIpc) is 2.50. The normalized spacial score (nSPS) is 11.5. The number of phenolic OH excluding ortho intramolecular Hbond substituents is 2. The van der Waals surface area contributed by atoms with Crippen molar-refractivity contribution in [1.29, 1.82) is 0 Å². The average molecular weight is 371 g/mol. The molecule has 0 unspecified atom stereocenters. The number of sulfonamides is 1. The van der Waals surface area contributed by atoms with Gasteiger partial charge in [0.15, 0.2) is 0 Å². The van der Waals surface area contributed by atoms with Crippen molar-refractivity contribution in [2.75, 3.05) is 4.72 Å². The van der Waals surface area contributed by atoms with Gasteiger partial charge >= 0.3 is 0 Å². The fraction of sp³-hybridized carbons (Fsp3) is 0.294. The van der Waals surface area contributed by atoms with Gasteiger partial charge in [0.25, 0.3) is 10.0 Å². The van der Waals surface area contributed by atoms with Gasteiger partial charge in [0, 0.05) is 6.07 Å². The molecule has 0 aliphatic heterocycles. The summed E-state index contributed by atoms with van der Waals surface area (Å²) in [4.78, 5) is -0.657. The van der Waals surface area contributed by atoms with Crippen LogP contribution in [0.15, 0.2) is 35.2 Å². The summed E-state index contributed by atoms with van der Waals surface area (Å²) in [5.41, 5.74) is 0.215. The van der Waals surface area contributed by atoms with Crippen LogP contribution in [0, 0.1) is 11.6 Å². The quantitative estimate of drug-likeness (QED) is 0.509. The Labute approximate surface area is 145 Å². The molecule has 136 valence electrons. The molecule has 0 fully saturated rings. The maximum atomic E-state index is 13.2. The summed E-state index contributed by atoms with van der Waals surface area (Å²) in [6.45, 7) is 2.04. The summed E-state index contributed by atoms with van der Waals surface area (Å²) in [5, 5.41) is 20.0. The van der Waals surface area contributed by atoms with Crippen molar-refractivity contribution < 1.29 is 27.4 Å². The second-order valence-corrected chi connectivity index (χ2v) is 7.36. The Hall–Kier alpha value is -2.35. The van der Waals surface area contributed by atoms with E-state index in [9.17, 15) is 27.4 Å². The molecule has 0 radical (unpaired) electrons. The second-order valence-electron chi connectivity index (χ2n) is 5.68. The highest BCUT2D eigenvalue weighted by Gasteiger charge is 2.21. The van der Waals surface area contributed by atoms with Crippen molar-refractivity contribution in [3.63, 3.8) is 0 Å². The summed E-state index contributed by atoms with van der Waals surface area (Å²) in [5.74, 6) is -3.04. The van der Waals surface area contributed by atoms with Crippen LogP contribution in [-0.4, -0.2) is 18.6 Å². The molecule has 8 heteroatoms. The minimum Gasteiger partial charge on any atom is -0.506 e. The zero-order valence-corrected chi connectivity index (χ0v) is 14.4. The third-order valence-corrected chi connectivity index (χ3v) is 4.94. The lowest BCUT2D eigenvalue weighted by Gasteiger charge is -2.13. The van der Waals surface area contributed by atoms with Gasteiger partial charge in [0.2, 0.25) is 0 Å². The van der Waals surface area contributed by atoms with E-state index in [-0.39, 0.29) is 0 Å². The van der Waals surface area contributed by atoms with Gasteiger partial charge < -0.3 is 10.2 Å². The van der Waals surface area contributed by atoms with Crippen LogP contribution in [0.2, 0.25) is 0 Å². The Morgan fingerprint density at radius 3 is 2.04 bits per heavy atom. The molecular weight excluding hydrogens is 352 g/mol. The summed E-state index contributed by atoms with van der Waals surface area (Å²) in [7, 11) is -4.39. The highest BCUT2D eigenvalue weighted by molar-refractivity contribution is 7.92. The first kappa shape index (κ1) is 19.0. The van der Waals surface area contributed by atoms with Gasteiger partial charge in [-0.15, -0.1) is 0 Å². The number of benzene rings is 2. The van der Waals surface area contributed by atoms with Gasteiger partial charge in [0.05, 0.1) is 4.90 Å². The van der Waals surface area contributed by atoms with Crippen molar-refractivity contribution in [1.82, 2.24) is 0 Å². The maximum absolute atomic E-state index is 13.2. The van der Waals surface area contributed by atoms with E-state index in [1.807, 2.05) is 11.6 Å². The monoisotopic (exact) mass is 371 g/mol. The first-order chi connectivity index (χ1) is 11.7. The van der Waals surface area contributed by atoms with Gasteiger partial charge in [-0.3, -0.25) is 4.72 Å². The van der Waals surface area contributed by atoms with Gasteiger partial charge in [-0.25, -0.2) is 17.2 Å². The molecule has 0 saturated carbocycles. The lowest BCUT2D eigenvalue weighted by Crippen LogP contribution is -2.14. The molecule has 2 aromatic carbocycles. The SMILES string of the molecule is CCCCCc1cc(O)c(NS(=O)(=O)c2cc(F)cc(F)c2)c(O)c1. The van der Waals surface area contributed by atoms with Gasteiger partial charge in [-0.1, -0.05) is 19.8 Å². The van der Waals surface area contributed by atoms with Crippen LogP contribution in [0.1, 0.15) is 31.7 Å². The van der Waals surface area contributed by atoms with Gasteiger partial charge in [-0.2, -0.15) is 0 Å². The Balaban J connectivity index is 2.29. The zero-order valence-electron chi connectivity index (χ0n) is 13.6. The number of nitrogens with one attached hydrogen (secondary N) is 1. The molecule has 0 bridgehead atoms. The molecule has 0 amide bonds. The van der Waals surface area contributed by atoms with Crippen LogP contribution < -0.4 is 4.72 Å². The lowest BCUT2D eigenvalue weighted by atomic mass is 10.1. The molecule has 5 nitrogen and oxygen atoms in total. The number of unbranched alkanes of at least 4 members (excludes halogenated alkanes) is 2. The number of hydrogen-bond donors (Lipinski definition) is 3. The number of phenols is 2. The fourth-order valence-corrected chi connectivity index (χ4v) is 3.50. The smallest absolute Gasteiger partial charge is 0.262 e. The Bertz CT molecular complexity index is 826. The van der Waals surface area contributed by atoms with E-state index >= 15 is 0 Å². The molecule has 0 aliphatic rings. The van der Waals surface area contributed by atoms with Crippen LogP contribution >= 0.6 is 0 Å². The number of hydrogen-bond acceptors (Lipinski definition) is 4. The Morgan fingerprint density at radius 1 is 0.960 bits per heavy atom. The standard InChI is InChI=1S/C17H19F2NO4S/c1-2-3-4-5-11-6-15(21)17(16(22)7-11)20-25(23,24)14-9-12(18)8-13(19)10-14/h6-10,20-22H,2-5H2,1H3. The number of halogens is 2. The summed E-state index contributed by atoms with van der Waals surface area (Å²) in [6, 6.07) is 4.51. The molecular formula is C17H19F2NO4S. The van der Waals surface area contributed by atoms with Crippen molar-refractivity contribution >= 4 is 15.7 Å².